The molecular weight excluding hydrogens is 154 g/mol. The average Bonchev–Trinajstić information content (AvgIpc) is 2.01. The molecule has 0 saturated heterocycles. The van der Waals surface area contributed by atoms with Crippen molar-refractivity contribution in [3.63, 3.8) is 0 Å². The lowest BCUT2D eigenvalue weighted by Gasteiger charge is -2.09. The van der Waals surface area contributed by atoms with Crippen molar-refractivity contribution in [1.29, 1.82) is 0 Å². The van der Waals surface area contributed by atoms with E-state index in [1.54, 1.807) is 0 Å². The third-order valence-electron chi connectivity index (χ3n) is 1.94. The second kappa shape index (κ2) is 8.41. The summed E-state index contributed by atoms with van der Waals surface area (Å²) in [5.41, 5.74) is 0. The summed E-state index contributed by atoms with van der Waals surface area (Å²) in [6, 6.07) is 0. The molecule has 1 N–H and O–H groups in total. The Labute approximate surface area is 75.3 Å². The third-order valence-corrected chi connectivity index (χ3v) is 2.58. The quantitative estimate of drug-likeness (QED) is 0.596. The summed E-state index contributed by atoms with van der Waals surface area (Å²) < 4.78 is 0. The molecule has 1 nitrogen and oxygen atoms in total. The lowest BCUT2D eigenvalue weighted by Crippen LogP contribution is -2.09. The summed E-state index contributed by atoms with van der Waals surface area (Å²) in [5, 5.41) is 3.17. The number of hydrogen-bond acceptors (Lipinski definition) is 2. The first-order valence-corrected chi connectivity index (χ1v) is 5.84. The normalized spacial score (nSPS) is 13.4. The van der Waals surface area contributed by atoms with E-state index in [9.17, 15) is 0 Å². The predicted octanol–water partition coefficient (Wildman–Crippen LogP) is 2.38. The van der Waals surface area contributed by atoms with Gasteiger partial charge in [-0.05, 0) is 50.8 Å². The Hall–Kier alpha value is 0.310. The van der Waals surface area contributed by atoms with Crippen LogP contribution in [0.3, 0.4) is 0 Å². The minimum atomic E-state index is 0.913. The van der Waals surface area contributed by atoms with Crippen LogP contribution in [0.25, 0.3) is 0 Å². The fourth-order valence-corrected chi connectivity index (χ4v) is 1.73. The van der Waals surface area contributed by atoms with Crippen molar-refractivity contribution in [3.8, 4) is 0 Å². The van der Waals surface area contributed by atoms with E-state index in [0.29, 0.717) is 0 Å². The maximum Gasteiger partial charge on any atom is -0.00518 e. The van der Waals surface area contributed by atoms with Crippen molar-refractivity contribution in [2.24, 2.45) is 5.92 Å². The number of hydrogen-bond donors (Lipinski definition) is 1. The van der Waals surface area contributed by atoms with Gasteiger partial charge in [-0.3, -0.25) is 0 Å². The minimum Gasteiger partial charge on any atom is -0.320 e. The van der Waals surface area contributed by atoms with Crippen molar-refractivity contribution in [3.05, 3.63) is 0 Å². The Bertz CT molecular complexity index is 76.0. The molecular formula is C9H21NS. The van der Waals surface area contributed by atoms with Gasteiger partial charge in [0, 0.05) is 0 Å². The van der Waals surface area contributed by atoms with E-state index in [4.69, 9.17) is 0 Å². The van der Waals surface area contributed by atoms with Crippen molar-refractivity contribution in [2.45, 2.75) is 26.2 Å². The Morgan fingerprint density at radius 3 is 2.64 bits per heavy atom. The molecule has 0 heterocycles. The molecule has 0 aromatic carbocycles. The average molecular weight is 175 g/mol. The van der Waals surface area contributed by atoms with Gasteiger partial charge in [-0.15, -0.1) is 0 Å². The highest BCUT2D eigenvalue weighted by Crippen LogP contribution is 2.12. The molecule has 0 rings (SSSR count). The van der Waals surface area contributed by atoms with Crippen LogP contribution < -0.4 is 5.32 Å². The standard InChI is InChI=1S/C9H21NS/c1-9(6-8-11-3)5-4-7-10-2/h9-10H,4-8H2,1-3H3/t9-/m0/s1. The zero-order valence-corrected chi connectivity index (χ0v) is 8.84. The molecule has 68 valence electrons. The summed E-state index contributed by atoms with van der Waals surface area (Å²) >= 11 is 1.95. The number of rotatable bonds is 7. The predicted molar refractivity (Wildman–Crippen MR) is 55.3 cm³/mol. The highest BCUT2D eigenvalue weighted by Gasteiger charge is 1.99. The Morgan fingerprint density at radius 1 is 1.36 bits per heavy atom. The van der Waals surface area contributed by atoms with Crippen LogP contribution in [0.15, 0.2) is 0 Å². The molecule has 0 spiro atoms. The highest BCUT2D eigenvalue weighted by molar-refractivity contribution is 7.98. The fraction of sp³-hybridized carbons (Fsp3) is 1.00. The zero-order valence-electron chi connectivity index (χ0n) is 8.02. The van der Waals surface area contributed by atoms with Gasteiger partial charge < -0.3 is 5.32 Å². The first-order chi connectivity index (χ1) is 5.31. The minimum absolute atomic E-state index is 0.913. The van der Waals surface area contributed by atoms with Gasteiger partial charge in [0.2, 0.25) is 0 Å². The van der Waals surface area contributed by atoms with Crippen LogP contribution in [-0.2, 0) is 0 Å². The topological polar surface area (TPSA) is 12.0 Å². The van der Waals surface area contributed by atoms with Gasteiger partial charge in [0.15, 0.2) is 0 Å². The van der Waals surface area contributed by atoms with Gasteiger partial charge >= 0.3 is 0 Å². The molecule has 0 aromatic heterocycles. The van der Waals surface area contributed by atoms with Crippen LogP contribution in [0.4, 0.5) is 0 Å². The lowest BCUT2D eigenvalue weighted by molar-refractivity contribution is 0.492. The number of nitrogens with one attached hydrogen (secondary N) is 1. The molecule has 0 unspecified atom stereocenters. The Morgan fingerprint density at radius 2 is 2.09 bits per heavy atom. The van der Waals surface area contributed by atoms with Gasteiger partial charge in [-0.2, -0.15) is 11.8 Å². The van der Waals surface area contributed by atoms with Gasteiger partial charge in [-0.1, -0.05) is 6.92 Å². The van der Waals surface area contributed by atoms with E-state index in [0.717, 1.165) is 5.92 Å². The van der Waals surface area contributed by atoms with E-state index in [1.807, 2.05) is 18.8 Å². The van der Waals surface area contributed by atoms with Gasteiger partial charge in [0.05, 0.1) is 0 Å². The van der Waals surface area contributed by atoms with Gasteiger partial charge in [0.25, 0.3) is 0 Å². The first kappa shape index (κ1) is 11.3. The van der Waals surface area contributed by atoms with Crippen LogP contribution in [0.5, 0.6) is 0 Å². The van der Waals surface area contributed by atoms with Crippen molar-refractivity contribution >= 4 is 11.8 Å². The smallest absolute Gasteiger partial charge is 0.00518 e. The van der Waals surface area contributed by atoms with Crippen molar-refractivity contribution in [1.82, 2.24) is 5.32 Å². The lowest BCUT2D eigenvalue weighted by atomic mass is 10.0. The van der Waals surface area contributed by atoms with Crippen LogP contribution in [0, 0.1) is 5.92 Å². The molecule has 0 amide bonds. The second-order valence-electron chi connectivity index (χ2n) is 3.13. The molecule has 0 aliphatic carbocycles. The van der Waals surface area contributed by atoms with Crippen LogP contribution in [0.1, 0.15) is 26.2 Å². The SMILES string of the molecule is CNCCC[C@H](C)CCSC. The second-order valence-corrected chi connectivity index (χ2v) is 4.12. The van der Waals surface area contributed by atoms with Crippen LogP contribution in [-0.4, -0.2) is 25.6 Å². The van der Waals surface area contributed by atoms with E-state index in [2.05, 4.69) is 18.5 Å². The molecule has 0 aliphatic rings. The Kier molecular flexibility index (Phi) is 8.64. The van der Waals surface area contributed by atoms with E-state index >= 15 is 0 Å². The molecule has 0 saturated carbocycles. The molecule has 1 atom stereocenters. The first-order valence-electron chi connectivity index (χ1n) is 4.44. The van der Waals surface area contributed by atoms with E-state index in [1.165, 1.54) is 31.6 Å². The van der Waals surface area contributed by atoms with E-state index in [-0.39, 0.29) is 0 Å². The van der Waals surface area contributed by atoms with Crippen molar-refractivity contribution in [2.75, 3.05) is 25.6 Å². The summed E-state index contributed by atoms with van der Waals surface area (Å²) in [4.78, 5) is 0. The highest BCUT2D eigenvalue weighted by atomic mass is 32.2. The van der Waals surface area contributed by atoms with Gasteiger partial charge in [-0.25, -0.2) is 0 Å². The maximum absolute atomic E-state index is 3.17. The van der Waals surface area contributed by atoms with Crippen molar-refractivity contribution < 1.29 is 0 Å². The molecule has 0 bridgehead atoms. The Balaban J connectivity index is 3.02. The number of thioether (sulfide) groups is 1. The fourth-order valence-electron chi connectivity index (χ4n) is 1.09. The third kappa shape index (κ3) is 8.21. The van der Waals surface area contributed by atoms with Crippen LogP contribution >= 0.6 is 11.8 Å². The summed E-state index contributed by atoms with van der Waals surface area (Å²) in [5.74, 6) is 2.23. The zero-order chi connectivity index (χ0) is 8.53. The summed E-state index contributed by atoms with van der Waals surface area (Å²) in [6.45, 7) is 3.52. The maximum atomic E-state index is 3.17. The molecule has 0 radical (unpaired) electrons. The van der Waals surface area contributed by atoms with Gasteiger partial charge in [0.1, 0.15) is 0 Å². The molecule has 0 aromatic rings. The molecule has 0 aliphatic heterocycles. The molecule has 2 heteroatoms. The monoisotopic (exact) mass is 175 g/mol. The summed E-state index contributed by atoms with van der Waals surface area (Å²) in [7, 11) is 2.02. The molecule has 0 fully saturated rings. The molecule has 11 heavy (non-hydrogen) atoms. The van der Waals surface area contributed by atoms with Crippen LogP contribution in [0.2, 0.25) is 0 Å². The summed E-state index contributed by atoms with van der Waals surface area (Å²) in [6.07, 6.45) is 6.26. The largest absolute Gasteiger partial charge is 0.320 e. The van der Waals surface area contributed by atoms with E-state index < -0.39 is 0 Å².